The van der Waals surface area contributed by atoms with E-state index in [0.29, 0.717) is 29.9 Å². The third kappa shape index (κ3) is 5.34. The molecule has 2 unspecified atom stereocenters. The van der Waals surface area contributed by atoms with Crippen molar-refractivity contribution in [1.29, 1.82) is 0 Å². The van der Waals surface area contributed by atoms with Gasteiger partial charge in [-0.1, -0.05) is 18.2 Å². The number of carboxylic acid groups (broad SMARTS) is 1. The Hall–Kier alpha value is -3.35. The number of carbonyl (C=O) groups excluding carboxylic acids is 2. The quantitative estimate of drug-likeness (QED) is 0.783. The highest BCUT2D eigenvalue weighted by Crippen LogP contribution is 2.23. The molecule has 0 aromatic heterocycles. The van der Waals surface area contributed by atoms with E-state index in [0.717, 1.165) is 0 Å². The summed E-state index contributed by atoms with van der Waals surface area (Å²) in [6, 6.07) is 15.9. The van der Waals surface area contributed by atoms with Gasteiger partial charge >= 0.3 is 5.97 Å². The van der Waals surface area contributed by atoms with Gasteiger partial charge in [0, 0.05) is 18.2 Å². The molecule has 7 heteroatoms. The number of nitrogens with zero attached hydrogens (tertiary/aromatic N) is 1. The van der Waals surface area contributed by atoms with E-state index in [4.69, 9.17) is 4.74 Å². The van der Waals surface area contributed by atoms with Gasteiger partial charge in [-0.25, -0.2) is 0 Å². The minimum atomic E-state index is -0.892. The Kier molecular flexibility index (Phi) is 6.49. The number of rotatable bonds is 6. The van der Waals surface area contributed by atoms with Crippen LogP contribution in [0.4, 0.5) is 0 Å². The average Bonchev–Trinajstić information content (AvgIpc) is 2.73. The molecule has 1 aliphatic rings. The summed E-state index contributed by atoms with van der Waals surface area (Å²) in [5, 5.41) is 11.8. The number of carbonyl (C=O) groups is 3. The fourth-order valence-corrected chi connectivity index (χ4v) is 3.31. The summed E-state index contributed by atoms with van der Waals surface area (Å²) in [6.07, 6.45) is 1.20. The van der Waals surface area contributed by atoms with Crippen molar-refractivity contribution < 1.29 is 24.2 Å². The van der Waals surface area contributed by atoms with Crippen LogP contribution >= 0.6 is 0 Å². The molecule has 1 aliphatic heterocycles. The number of benzene rings is 2. The van der Waals surface area contributed by atoms with Gasteiger partial charge < -0.3 is 20.1 Å². The summed E-state index contributed by atoms with van der Waals surface area (Å²) in [4.78, 5) is 37.6. The molecular formula is C22H24N2O5. The number of amides is 2. The second kappa shape index (κ2) is 9.23. The van der Waals surface area contributed by atoms with Crippen LogP contribution in [0.3, 0.4) is 0 Å². The Balaban J connectivity index is 1.53. The van der Waals surface area contributed by atoms with Crippen LogP contribution in [0.25, 0.3) is 0 Å². The van der Waals surface area contributed by atoms with E-state index in [-0.39, 0.29) is 30.9 Å². The fourth-order valence-electron chi connectivity index (χ4n) is 3.31. The predicted octanol–water partition coefficient (Wildman–Crippen LogP) is 2.92. The maximum absolute atomic E-state index is 12.5. The smallest absolute Gasteiger partial charge is 0.308 e. The van der Waals surface area contributed by atoms with Crippen molar-refractivity contribution in [2.75, 3.05) is 13.1 Å². The molecule has 29 heavy (non-hydrogen) atoms. The van der Waals surface area contributed by atoms with Crippen LogP contribution in [0.5, 0.6) is 11.5 Å². The van der Waals surface area contributed by atoms with Gasteiger partial charge in [-0.15, -0.1) is 0 Å². The van der Waals surface area contributed by atoms with Crippen molar-refractivity contribution in [1.82, 2.24) is 10.2 Å². The molecule has 1 saturated heterocycles. The lowest BCUT2D eigenvalue weighted by Crippen LogP contribution is -2.50. The predicted molar refractivity (Wildman–Crippen MR) is 107 cm³/mol. The molecule has 3 rings (SSSR count). The number of nitrogens with one attached hydrogen (secondary N) is 1. The van der Waals surface area contributed by atoms with Gasteiger partial charge in [0.05, 0.1) is 12.5 Å². The van der Waals surface area contributed by atoms with E-state index in [1.807, 2.05) is 37.3 Å². The molecule has 0 spiro atoms. The first kappa shape index (κ1) is 20.4. The van der Waals surface area contributed by atoms with Crippen molar-refractivity contribution in [2.24, 2.45) is 5.92 Å². The normalized spacial score (nSPS) is 18.7. The molecule has 1 heterocycles. The lowest BCUT2D eigenvalue weighted by Gasteiger charge is -2.36. The van der Waals surface area contributed by atoms with E-state index < -0.39 is 11.9 Å². The van der Waals surface area contributed by atoms with E-state index in [1.54, 1.807) is 29.2 Å². The molecule has 0 radical (unpaired) electrons. The number of piperidine rings is 1. The van der Waals surface area contributed by atoms with Crippen LogP contribution in [-0.2, 0) is 9.59 Å². The zero-order chi connectivity index (χ0) is 20.8. The number of hydrogen-bond acceptors (Lipinski definition) is 4. The van der Waals surface area contributed by atoms with Crippen molar-refractivity contribution in [3.8, 4) is 11.5 Å². The van der Waals surface area contributed by atoms with Gasteiger partial charge in [-0.2, -0.15) is 0 Å². The summed E-state index contributed by atoms with van der Waals surface area (Å²) in [7, 11) is 0. The van der Waals surface area contributed by atoms with Gasteiger partial charge in [0.2, 0.25) is 5.91 Å². The van der Waals surface area contributed by atoms with Crippen LogP contribution in [0.15, 0.2) is 54.6 Å². The lowest BCUT2D eigenvalue weighted by atomic mass is 9.93. The number of carboxylic acids is 1. The van der Waals surface area contributed by atoms with Crippen LogP contribution in [0.1, 0.15) is 30.1 Å². The van der Waals surface area contributed by atoms with Gasteiger partial charge in [0.15, 0.2) is 0 Å². The Morgan fingerprint density at radius 3 is 2.34 bits per heavy atom. The van der Waals surface area contributed by atoms with Crippen molar-refractivity contribution >= 4 is 17.8 Å². The second-order valence-corrected chi connectivity index (χ2v) is 7.13. The average molecular weight is 396 g/mol. The van der Waals surface area contributed by atoms with Gasteiger partial charge in [0.25, 0.3) is 5.91 Å². The molecule has 2 aromatic carbocycles. The van der Waals surface area contributed by atoms with Gasteiger partial charge in [0.1, 0.15) is 11.5 Å². The Labute approximate surface area is 169 Å². The van der Waals surface area contributed by atoms with Crippen molar-refractivity contribution in [3.63, 3.8) is 0 Å². The summed E-state index contributed by atoms with van der Waals surface area (Å²) in [6.45, 7) is 1.90. The first-order valence-electron chi connectivity index (χ1n) is 9.57. The van der Waals surface area contributed by atoms with Crippen LogP contribution < -0.4 is 10.1 Å². The summed E-state index contributed by atoms with van der Waals surface area (Å²) >= 11 is 0. The third-order valence-electron chi connectivity index (χ3n) is 5.05. The van der Waals surface area contributed by atoms with Crippen molar-refractivity contribution in [3.05, 3.63) is 60.2 Å². The molecule has 7 nitrogen and oxygen atoms in total. The minimum absolute atomic E-state index is 0.0376. The maximum atomic E-state index is 12.5. The summed E-state index contributed by atoms with van der Waals surface area (Å²) < 4.78 is 5.69. The number of hydrogen-bond donors (Lipinski definition) is 2. The van der Waals surface area contributed by atoms with Gasteiger partial charge in [-0.3, -0.25) is 14.4 Å². The first-order valence-corrected chi connectivity index (χ1v) is 9.57. The Morgan fingerprint density at radius 1 is 1.03 bits per heavy atom. The number of aliphatic carboxylic acids is 1. The molecule has 152 valence electrons. The van der Waals surface area contributed by atoms with E-state index >= 15 is 0 Å². The Morgan fingerprint density at radius 2 is 1.69 bits per heavy atom. The largest absolute Gasteiger partial charge is 0.481 e. The van der Waals surface area contributed by atoms with E-state index in [9.17, 15) is 19.5 Å². The molecule has 2 atom stereocenters. The SMILES string of the molecule is CC1CCC(C(=O)O)CN1C(=O)CNC(=O)c1ccc(Oc2ccccc2)cc1. The van der Waals surface area contributed by atoms with E-state index in [2.05, 4.69) is 5.32 Å². The maximum Gasteiger partial charge on any atom is 0.308 e. The second-order valence-electron chi connectivity index (χ2n) is 7.13. The third-order valence-corrected chi connectivity index (χ3v) is 5.05. The highest BCUT2D eigenvalue weighted by Gasteiger charge is 2.32. The van der Waals surface area contributed by atoms with Crippen LogP contribution in [0, 0.1) is 5.92 Å². The molecule has 0 bridgehead atoms. The fraction of sp³-hybridized carbons (Fsp3) is 0.318. The number of para-hydroxylation sites is 1. The summed E-state index contributed by atoms with van der Waals surface area (Å²) in [5.41, 5.74) is 0.410. The zero-order valence-corrected chi connectivity index (χ0v) is 16.2. The molecule has 2 N–H and O–H groups in total. The highest BCUT2D eigenvalue weighted by atomic mass is 16.5. The highest BCUT2D eigenvalue weighted by molar-refractivity contribution is 5.96. The standard InChI is InChI=1S/C22H24N2O5/c1-15-7-8-17(22(27)28)14-24(15)20(25)13-23-21(26)16-9-11-19(12-10-16)29-18-5-3-2-4-6-18/h2-6,9-12,15,17H,7-8,13-14H2,1H3,(H,23,26)(H,27,28). The Bertz CT molecular complexity index is 867. The molecule has 0 saturated carbocycles. The number of likely N-dealkylation sites (tertiary alicyclic amines) is 1. The first-order chi connectivity index (χ1) is 13.9. The monoisotopic (exact) mass is 396 g/mol. The minimum Gasteiger partial charge on any atom is -0.481 e. The van der Waals surface area contributed by atoms with Crippen molar-refractivity contribution in [2.45, 2.75) is 25.8 Å². The van der Waals surface area contributed by atoms with Crippen LogP contribution in [-0.4, -0.2) is 46.9 Å². The summed E-state index contributed by atoms with van der Waals surface area (Å²) in [5.74, 6) is -0.791. The van der Waals surface area contributed by atoms with E-state index in [1.165, 1.54) is 0 Å². The topological polar surface area (TPSA) is 95.9 Å². The number of ether oxygens (including phenoxy) is 1. The molecule has 2 aromatic rings. The molecular weight excluding hydrogens is 372 g/mol. The lowest BCUT2D eigenvalue weighted by molar-refractivity contribution is -0.146. The molecule has 1 fully saturated rings. The van der Waals surface area contributed by atoms with Crippen LogP contribution in [0.2, 0.25) is 0 Å². The molecule has 2 amide bonds. The molecule has 0 aliphatic carbocycles. The van der Waals surface area contributed by atoms with Gasteiger partial charge in [-0.05, 0) is 56.2 Å². The zero-order valence-electron chi connectivity index (χ0n) is 16.2.